The fraction of sp³-hybridized carbons (Fsp3) is 0.103. The molecule has 0 unspecified atom stereocenters. The molecule has 2 aliphatic rings. The molecule has 0 spiro atoms. The summed E-state index contributed by atoms with van der Waals surface area (Å²) in [6.07, 6.45) is 26.3. The van der Waals surface area contributed by atoms with Crippen molar-refractivity contribution < 1.29 is 38.3 Å². The first kappa shape index (κ1) is 35.5. The van der Waals surface area contributed by atoms with E-state index in [1.807, 2.05) is 74.5 Å². The van der Waals surface area contributed by atoms with Gasteiger partial charge in [-0.15, -0.1) is 0 Å². The first-order valence-corrected chi connectivity index (χ1v) is 10.5. The quantitative estimate of drug-likeness (QED) is 0.264. The van der Waals surface area contributed by atoms with E-state index in [-0.39, 0.29) is 21.1 Å². The Labute approximate surface area is 228 Å². The number of rotatable bonds is 2. The van der Waals surface area contributed by atoms with Crippen LogP contribution in [0, 0.1) is 66.7 Å². The van der Waals surface area contributed by atoms with Crippen molar-refractivity contribution in [1.29, 1.82) is 5.26 Å². The van der Waals surface area contributed by atoms with Gasteiger partial charge in [-0.1, -0.05) is 85.0 Å². The first-order valence-electron chi connectivity index (χ1n) is 10.5. The van der Waals surface area contributed by atoms with E-state index in [0.29, 0.717) is 0 Å². The zero-order chi connectivity index (χ0) is 26.4. The molecule has 185 valence electrons. The molecule has 0 atom stereocenters. The summed E-state index contributed by atoms with van der Waals surface area (Å²) in [5, 5.41) is 7.32. The number of hydrogen-bond donors (Lipinski definition) is 0. The van der Waals surface area contributed by atoms with Gasteiger partial charge >= 0.3 is 7.25 Å². The molecular formula is C29H26BF4MoN-. The van der Waals surface area contributed by atoms with E-state index in [1.165, 1.54) is 18.8 Å². The molecule has 0 N–H and O–H groups in total. The van der Waals surface area contributed by atoms with Gasteiger partial charge in [-0.2, -0.15) is 5.26 Å². The van der Waals surface area contributed by atoms with Crippen molar-refractivity contribution in [3.63, 3.8) is 0 Å². The molecule has 0 amide bonds. The van der Waals surface area contributed by atoms with Crippen LogP contribution in [-0.2, 0) is 21.1 Å². The standard InChI is InChI=1S/C9H7.2C9H8.C2H3N.BF4.Mo/c1-2-5-9-7-3-6-8(9)4-1;2*1-2-6-9-7-4-3-5-8-9;1-2-3;2-1(3,4)5;/h1-7H;2*3-5,7-8H,1H3;1H3;;/q;;;;-1;. The van der Waals surface area contributed by atoms with Gasteiger partial charge in [0.05, 0.1) is 6.07 Å². The number of nitrogens with zero attached hydrogens (tertiary/aromatic N) is 1. The fourth-order valence-electron chi connectivity index (χ4n) is 2.40. The molecule has 36 heavy (non-hydrogen) atoms. The minimum atomic E-state index is -6.00. The van der Waals surface area contributed by atoms with Crippen molar-refractivity contribution in [2.24, 2.45) is 0 Å². The Morgan fingerprint density at radius 2 is 0.944 bits per heavy atom. The van der Waals surface area contributed by atoms with Gasteiger partial charge < -0.3 is 17.3 Å². The average Bonchev–Trinajstić information content (AvgIpc) is 3.30. The molecule has 2 aromatic carbocycles. The van der Waals surface area contributed by atoms with Gasteiger partial charge in [0.15, 0.2) is 0 Å². The van der Waals surface area contributed by atoms with Crippen LogP contribution in [0.2, 0.25) is 0 Å². The molecule has 2 aromatic rings. The summed E-state index contributed by atoms with van der Waals surface area (Å²) in [4.78, 5) is 0. The summed E-state index contributed by atoms with van der Waals surface area (Å²) in [5.41, 5.74) is 2.17. The number of fused-ring (bicyclic) bond motifs is 1. The Bertz CT molecular complexity index is 862. The van der Waals surface area contributed by atoms with Crippen LogP contribution in [-0.4, -0.2) is 7.25 Å². The van der Waals surface area contributed by atoms with Gasteiger partial charge in [-0.25, -0.2) is 0 Å². The Morgan fingerprint density at radius 3 is 1.22 bits per heavy atom. The van der Waals surface area contributed by atoms with Gasteiger partial charge in [0.1, 0.15) is 0 Å². The van der Waals surface area contributed by atoms with Crippen LogP contribution in [0.3, 0.4) is 0 Å². The van der Waals surface area contributed by atoms with Crippen molar-refractivity contribution in [2.75, 3.05) is 0 Å². The van der Waals surface area contributed by atoms with Crippen LogP contribution >= 0.6 is 0 Å². The van der Waals surface area contributed by atoms with E-state index in [9.17, 15) is 17.3 Å². The Kier molecular flexibility index (Phi) is 22.5. The maximum atomic E-state index is 9.75. The van der Waals surface area contributed by atoms with Crippen molar-refractivity contribution in [2.45, 2.75) is 20.8 Å². The maximum Gasteiger partial charge on any atom is 0.673 e. The second kappa shape index (κ2) is 22.8. The Morgan fingerprint density at radius 1 is 0.639 bits per heavy atom. The molecule has 0 saturated heterocycles. The first-order chi connectivity index (χ1) is 16.7. The molecule has 0 bridgehead atoms. The molecule has 1 nitrogen and oxygen atoms in total. The second-order valence-electron chi connectivity index (χ2n) is 6.36. The number of benzene rings is 2. The van der Waals surface area contributed by atoms with Crippen LogP contribution < -0.4 is 0 Å². The van der Waals surface area contributed by atoms with E-state index < -0.39 is 7.25 Å². The number of hydrogen-bond acceptors (Lipinski definition) is 1. The molecular weight excluding hydrogens is 545 g/mol. The van der Waals surface area contributed by atoms with Crippen molar-refractivity contribution in [1.82, 2.24) is 0 Å². The van der Waals surface area contributed by atoms with Crippen LogP contribution in [0.1, 0.15) is 31.9 Å². The molecule has 1 fully saturated rings. The summed E-state index contributed by atoms with van der Waals surface area (Å²) in [5.74, 6) is 2.66. The smallest absolute Gasteiger partial charge is 0.418 e. The predicted octanol–water partition coefficient (Wildman–Crippen LogP) is 8.15. The minimum Gasteiger partial charge on any atom is -0.418 e. The summed E-state index contributed by atoms with van der Waals surface area (Å²) in [7, 11) is -6.00. The maximum absolute atomic E-state index is 9.75. The predicted molar refractivity (Wildman–Crippen MR) is 135 cm³/mol. The Balaban J connectivity index is 0. The van der Waals surface area contributed by atoms with Crippen LogP contribution in [0.5, 0.6) is 0 Å². The molecule has 2 aliphatic carbocycles. The molecule has 7 heteroatoms. The third kappa shape index (κ3) is 21.9. The van der Waals surface area contributed by atoms with E-state index >= 15 is 0 Å². The third-order valence-corrected chi connectivity index (χ3v) is 3.63. The zero-order valence-corrected chi connectivity index (χ0v) is 22.3. The average molecular weight is 571 g/mol. The van der Waals surface area contributed by atoms with E-state index in [4.69, 9.17) is 5.26 Å². The van der Waals surface area contributed by atoms with Crippen LogP contribution in [0.15, 0.2) is 85.0 Å². The summed E-state index contributed by atoms with van der Waals surface area (Å²) in [6, 6.07) is 21.7. The van der Waals surface area contributed by atoms with Crippen molar-refractivity contribution in [3.8, 4) is 6.07 Å². The zero-order valence-electron chi connectivity index (χ0n) is 20.3. The minimum absolute atomic E-state index is 0. The molecule has 9 radical (unpaired) electrons. The monoisotopic (exact) mass is 573 g/mol. The van der Waals surface area contributed by atoms with Gasteiger partial charge in [-0.3, -0.25) is 0 Å². The summed E-state index contributed by atoms with van der Waals surface area (Å²) in [6.45, 7) is 5.11. The largest absolute Gasteiger partial charge is 0.673 e. The number of halogens is 4. The Hall–Kier alpha value is -2.64. The van der Waals surface area contributed by atoms with E-state index in [2.05, 4.69) is 67.9 Å². The molecule has 0 aromatic heterocycles. The van der Waals surface area contributed by atoms with Gasteiger partial charge in [-0.05, 0) is 68.5 Å². The molecule has 0 aliphatic heterocycles. The number of nitriles is 1. The third-order valence-electron chi connectivity index (χ3n) is 3.63. The van der Waals surface area contributed by atoms with Crippen LogP contribution in [0.4, 0.5) is 17.3 Å². The fourth-order valence-corrected chi connectivity index (χ4v) is 2.40. The second-order valence-corrected chi connectivity index (χ2v) is 6.36. The van der Waals surface area contributed by atoms with E-state index in [1.54, 1.807) is 6.07 Å². The normalized spacial score (nSPS) is 13.8. The SMILES string of the molecule is CC#N.C[C]=[C]c1ccccc1.C[C]=[C]c1ccccc1.F[B-](F)(F)F.[CH]1[CH][C]2C=CC=C[C]2[CH]1.[Mo]. The van der Waals surface area contributed by atoms with Crippen molar-refractivity contribution in [3.05, 3.63) is 151 Å². The van der Waals surface area contributed by atoms with Crippen molar-refractivity contribution >= 4 is 7.25 Å². The topological polar surface area (TPSA) is 23.8 Å². The van der Waals surface area contributed by atoms with E-state index in [0.717, 1.165) is 11.1 Å². The van der Waals surface area contributed by atoms with Gasteiger partial charge in [0.25, 0.3) is 0 Å². The molecule has 0 heterocycles. The van der Waals surface area contributed by atoms with Gasteiger partial charge in [0.2, 0.25) is 0 Å². The summed E-state index contributed by atoms with van der Waals surface area (Å²) >= 11 is 0. The molecule has 1 saturated carbocycles. The summed E-state index contributed by atoms with van der Waals surface area (Å²) < 4.78 is 39.0. The number of allylic oxidation sites excluding steroid dienone is 6. The van der Waals surface area contributed by atoms with Crippen LogP contribution in [0.25, 0.3) is 0 Å². The molecule has 4 rings (SSSR count). The van der Waals surface area contributed by atoms with Gasteiger partial charge in [0, 0.05) is 39.8 Å².